The van der Waals surface area contributed by atoms with Gasteiger partial charge in [0, 0.05) is 30.4 Å². The van der Waals surface area contributed by atoms with Crippen LogP contribution in [-0.2, 0) is 6.42 Å². The first-order valence-corrected chi connectivity index (χ1v) is 5.67. The van der Waals surface area contributed by atoms with Gasteiger partial charge in [0.2, 0.25) is 0 Å². The van der Waals surface area contributed by atoms with Crippen molar-refractivity contribution in [3.8, 4) is 0 Å². The minimum atomic E-state index is 0.470. The number of nitrogens with one attached hydrogen (secondary N) is 1. The maximum Gasteiger partial charge on any atom is 0.155 e. The van der Waals surface area contributed by atoms with Crippen molar-refractivity contribution in [3.05, 3.63) is 30.2 Å². The molecule has 2 aromatic rings. The van der Waals surface area contributed by atoms with Crippen molar-refractivity contribution >= 4 is 5.65 Å². The van der Waals surface area contributed by atoms with E-state index < -0.39 is 0 Å². The number of likely N-dealkylation sites (N-methyl/N-ethyl adjacent to an activating group) is 1. The molecule has 1 atom stereocenters. The average Bonchev–Trinajstić information content (AvgIpc) is 2.72. The third kappa shape index (κ3) is 2.22. The van der Waals surface area contributed by atoms with Gasteiger partial charge in [0.05, 0.1) is 6.20 Å². The van der Waals surface area contributed by atoms with E-state index >= 15 is 0 Å². The van der Waals surface area contributed by atoms with Crippen molar-refractivity contribution < 1.29 is 0 Å². The summed E-state index contributed by atoms with van der Waals surface area (Å²) in [5.74, 6) is 0.605. The highest BCUT2D eigenvalue weighted by molar-refractivity contribution is 5.36. The number of rotatable bonds is 4. The van der Waals surface area contributed by atoms with Crippen LogP contribution in [0.1, 0.15) is 19.5 Å². The summed E-state index contributed by atoms with van der Waals surface area (Å²) in [7, 11) is 2.00. The van der Waals surface area contributed by atoms with E-state index in [-0.39, 0.29) is 0 Å². The molecule has 0 aliphatic rings. The Morgan fingerprint density at radius 2 is 2.19 bits per heavy atom. The summed E-state index contributed by atoms with van der Waals surface area (Å²) >= 11 is 0. The Morgan fingerprint density at radius 1 is 1.38 bits per heavy atom. The molecule has 1 unspecified atom stereocenters. The van der Waals surface area contributed by atoms with Crippen molar-refractivity contribution in [1.29, 1.82) is 0 Å². The summed E-state index contributed by atoms with van der Waals surface area (Å²) in [6.45, 7) is 4.44. The summed E-state index contributed by atoms with van der Waals surface area (Å²) < 4.78 is 1.78. The van der Waals surface area contributed by atoms with Gasteiger partial charge in [-0.15, -0.1) is 0 Å². The Labute approximate surface area is 95.7 Å². The van der Waals surface area contributed by atoms with Crippen LogP contribution < -0.4 is 5.32 Å². The Hall–Kier alpha value is -1.42. The predicted octanol–water partition coefficient (Wildman–Crippen LogP) is 1.52. The molecule has 0 aromatic carbocycles. The van der Waals surface area contributed by atoms with Gasteiger partial charge in [-0.05, 0) is 19.0 Å². The maximum absolute atomic E-state index is 4.57. The zero-order valence-corrected chi connectivity index (χ0v) is 10.0. The maximum atomic E-state index is 4.57. The molecule has 2 rings (SSSR count). The number of fused-ring (bicyclic) bond motifs is 1. The molecule has 0 spiro atoms. The molecule has 2 heterocycles. The molecule has 0 fully saturated rings. The summed E-state index contributed by atoms with van der Waals surface area (Å²) in [5.41, 5.74) is 2.03. The standard InChI is InChI=1S/C12H18N4/c1-9(2)11(13-3)8-10-5-7-16-12(15-10)4-6-14-16/h4-7,9,11,13H,8H2,1-3H3. The summed E-state index contributed by atoms with van der Waals surface area (Å²) in [5, 5.41) is 7.46. The lowest BCUT2D eigenvalue weighted by Crippen LogP contribution is -2.33. The first kappa shape index (κ1) is 11.1. The Bertz CT molecular complexity index is 461. The van der Waals surface area contributed by atoms with Crippen LogP contribution in [0.5, 0.6) is 0 Å². The van der Waals surface area contributed by atoms with Gasteiger partial charge >= 0.3 is 0 Å². The lowest BCUT2D eigenvalue weighted by Gasteiger charge is -2.19. The lowest BCUT2D eigenvalue weighted by atomic mass is 9.99. The number of hydrogen-bond donors (Lipinski definition) is 1. The number of nitrogens with zero attached hydrogens (tertiary/aromatic N) is 3. The highest BCUT2D eigenvalue weighted by atomic mass is 15.2. The molecule has 0 aliphatic heterocycles. The van der Waals surface area contributed by atoms with Gasteiger partial charge in [-0.3, -0.25) is 0 Å². The fraction of sp³-hybridized carbons (Fsp3) is 0.500. The van der Waals surface area contributed by atoms with Crippen molar-refractivity contribution in [2.45, 2.75) is 26.3 Å². The van der Waals surface area contributed by atoms with Crippen LogP contribution >= 0.6 is 0 Å². The summed E-state index contributed by atoms with van der Waals surface area (Å²) in [6.07, 6.45) is 4.69. The van der Waals surface area contributed by atoms with Crippen molar-refractivity contribution in [1.82, 2.24) is 19.9 Å². The zero-order chi connectivity index (χ0) is 11.5. The second-order valence-electron chi connectivity index (χ2n) is 4.40. The molecule has 0 saturated heterocycles. The minimum Gasteiger partial charge on any atom is -0.316 e. The summed E-state index contributed by atoms with van der Waals surface area (Å²) in [6, 6.07) is 4.43. The molecular formula is C12H18N4. The molecule has 0 saturated carbocycles. The predicted molar refractivity (Wildman–Crippen MR) is 64.4 cm³/mol. The van der Waals surface area contributed by atoms with E-state index in [1.807, 2.05) is 25.4 Å². The largest absolute Gasteiger partial charge is 0.316 e. The molecular weight excluding hydrogens is 200 g/mol. The van der Waals surface area contributed by atoms with Crippen LogP contribution in [0.2, 0.25) is 0 Å². The van der Waals surface area contributed by atoms with E-state index in [1.165, 1.54) is 0 Å². The third-order valence-corrected chi connectivity index (χ3v) is 2.92. The molecule has 2 aromatic heterocycles. The Morgan fingerprint density at radius 3 is 2.88 bits per heavy atom. The van der Waals surface area contributed by atoms with Crippen LogP contribution in [0.3, 0.4) is 0 Å². The van der Waals surface area contributed by atoms with Gasteiger partial charge in [0.25, 0.3) is 0 Å². The van der Waals surface area contributed by atoms with E-state index in [9.17, 15) is 0 Å². The lowest BCUT2D eigenvalue weighted by molar-refractivity contribution is 0.421. The van der Waals surface area contributed by atoms with Crippen LogP contribution in [0.25, 0.3) is 5.65 Å². The highest BCUT2D eigenvalue weighted by Gasteiger charge is 2.12. The fourth-order valence-corrected chi connectivity index (χ4v) is 1.86. The normalized spacial score (nSPS) is 13.5. The monoisotopic (exact) mass is 218 g/mol. The van der Waals surface area contributed by atoms with Gasteiger partial charge in [-0.25, -0.2) is 9.50 Å². The van der Waals surface area contributed by atoms with Crippen LogP contribution in [0.4, 0.5) is 0 Å². The van der Waals surface area contributed by atoms with E-state index in [0.717, 1.165) is 17.8 Å². The third-order valence-electron chi connectivity index (χ3n) is 2.92. The fourth-order valence-electron chi connectivity index (χ4n) is 1.86. The highest BCUT2D eigenvalue weighted by Crippen LogP contribution is 2.09. The van der Waals surface area contributed by atoms with Crippen molar-refractivity contribution in [3.63, 3.8) is 0 Å². The van der Waals surface area contributed by atoms with Crippen molar-refractivity contribution in [2.75, 3.05) is 7.05 Å². The molecule has 4 nitrogen and oxygen atoms in total. The molecule has 4 heteroatoms. The Kier molecular flexibility index (Phi) is 3.19. The second kappa shape index (κ2) is 4.61. The van der Waals surface area contributed by atoms with Gasteiger partial charge in [-0.2, -0.15) is 5.10 Å². The van der Waals surface area contributed by atoms with E-state index in [0.29, 0.717) is 12.0 Å². The first-order valence-electron chi connectivity index (χ1n) is 5.67. The number of aromatic nitrogens is 3. The molecule has 0 bridgehead atoms. The Balaban J connectivity index is 2.19. The van der Waals surface area contributed by atoms with E-state index in [2.05, 4.69) is 29.2 Å². The first-order chi connectivity index (χ1) is 7.70. The van der Waals surface area contributed by atoms with Crippen molar-refractivity contribution in [2.24, 2.45) is 5.92 Å². The zero-order valence-electron chi connectivity index (χ0n) is 10.0. The van der Waals surface area contributed by atoms with E-state index in [1.54, 1.807) is 10.7 Å². The topological polar surface area (TPSA) is 42.2 Å². The summed E-state index contributed by atoms with van der Waals surface area (Å²) in [4.78, 5) is 4.57. The molecule has 16 heavy (non-hydrogen) atoms. The van der Waals surface area contributed by atoms with Gasteiger partial charge < -0.3 is 5.32 Å². The van der Waals surface area contributed by atoms with Gasteiger partial charge in [0.1, 0.15) is 0 Å². The molecule has 0 aliphatic carbocycles. The van der Waals surface area contributed by atoms with Crippen LogP contribution in [-0.4, -0.2) is 27.7 Å². The molecule has 0 amide bonds. The SMILES string of the molecule is CNC(Cc1ccn2nccc2n1)C(C)C. The molecule has 86 valence electrons. The average molecular weight is 218 g/mol. The van der Waals surface area contributed by atoms with Crippen LogP contribution in [0, 0.1) is 5.92 Å². The van der Waals surface area contributed by atoms with Gasteiger partial charge in [-0.1, -0.05) is 13.8 Å². The minimum absolute atomic E-state index is 0.470. The van der Waals surface area contributed by atoms with Gasteiger partial charge in [0.15, 0.2) is 5.65 Å². The molecule has 0 radical (unpaired) electrons. The quantitative estimate of drug-likeness (QED) is 0.846. The smallest absolute Gasteiger partial charge is 0.155 e. The molecule has 1 N–H and O–H groups in total. The van der Waals surface area contributed by atoms with E-state index in [4.69, 9.17) is 0 Å². The second-order valence-corrected chi connectivity index (χ2v) is 4.40. The number of hydrogen-bond acceptors (Lipinski definition) is 3. The van der Waals surface area contributed by atoms with Crippen LogP contribution in [0.15, 0.2) is 24.5 Å².